The van der Waals surface area contributed by atoms with Gasteiger partial charge >= 0.3 is 0 Å². The van der Waals surface area contributed by atoms with Gasteiger partial charge in [-0.25, -0.2) is 4.39 Å². The smallest absolute Gasteiger partial charge is 0.251 e. The quantitative estimate of drug-likeness (QED) is 0.264. The number of Topliss-reactive ketones (excluding diaryl/α,β-unsaturated/α-hetero) is 1. The molecule has 1 aromatic heterocycles. The Morgan fingerprint density at radius 1 is 0.914 bits per heavy atom. The van der Waals surface area contributed by atoms with Crippen LogP contribution < -0.4 is 5.32 Å². The first-order chi connectivity index (χ1) is 17.0. The van der Waals surface area contributed by atoms with E-state index in [1.807, 2.05) is 30.5 Å². The Balaban J connectivity index is 1.44. The van der Waals surface area contributed by atoms with Crippen molar-refractivity contribution in [2.45, 2.75) is 38.1 Å². The predicted octanol–water partition coefficient (Wildman–Crippen LogP) is 6.35. The Bertz CT molecular complexity index is 1310. The largest absolute Gasteiger partial charge is 0.342 e. The Morgan fingerprint density at radius 2 is 1.69 bits per heavy atom. The zero-order valence-electron chi connectivity index (χ0n) is 19.2. The molecule has 178 valence electrons. The van der Waals surface area contributed by atoms with Gasteiger partial charge in [0.15, 0.2) is 5.78 Å². The second-order valence-electron chi connectivity index (χ2n) is 8.60. The van der Waals surface area contributed by atoms with Gasteiger partial charge in [-0.3, -0.25) is 14.6 Å². The van der Waals surface area contributed by atoms with Crippen LogP contribution in [0, 0.1) is 5.82 Å². The number of unbranched alkanes of at least 4 members (excludes halogenated alkanes) is 1. The van der Waals surface area contributed by atoms with E-state index in [1.54, 1.807) is 42.6 Å². The van der Waals surface area contributed by atoms with Crippen LogP contribution in [0.5, 0.6) is 0 Å². The summed E-state index contributed by atoms with van der Waals surface area (Å²) in [4.78, 5) is 30.3. The molecule has 0 fully saturated rings. The molecule has 35 heavy (non-hydrogen) atoms. The molecule has 4 rings (SSSR count). The lowest BCUT2D eigenvalue weighted by atomic mass is 9.97. The second-order valence-corrected chi connectivity index (χ2v) is 9.03. The van der Waals surface area contributed by atoms with Gasteiger partial charge < -0.3 is 5.32 Å². The average molecular weight is 489 g/mol. The van der Waals surface area contributed by atoms with Crippen LogP contribution in [-0.2, 0) is 17.6 Å². The maximum Gasteiger partial charge on any atom is 0.251 e. The van der Waals surface area contributed by atoms with E-state index in [-0.39, 0.29) is 17.5 Å². The fourth-order valence-electron chi connectivity index (χ4n) is 4.05. The van der Waals surface area contributed by atoms with Gasteiger partial charge in [-0.15, -0.1) is 0 Å². The Kier molecular flexibility index (Phi) is 8.22. The third kappa shape index (κ3) is 6.96. The molecule has 0 aliphatic rings. The number of carbonyl (C=O) groups excluding carboxylic acids is 2. The van der Waals surface area contributed by atoms with Crippen molar-refractivity contribution in [3.8, 4) is 0 Å². The molecule has 0 radical (unpaired) electrons. The number of halogens is 2. The number of ketones is 1. The summed E-state index contributed by atoms with van der Waals surface area (Å²) in [7, 11) is 0. The number of nitrogens with zero attached hydrogens (tertiary/aromatic N) is 1. The molecule has 1 amide bonds. The summed E-state index contributed by atoms with van der Waals surface area (Å²) >= 11 is 6.00. The summed E-state index contributed by atoms with van der Waals surface area (Å²) in [6.45, 7) is 0. The van der Waals surface area contributed by atoms with E-state index in [1.165, 1.54) is 12.1 Å². The minimum Gasteiger partial charge on any atom is -0.342 e. The molecule has 6 heteroatoms. The van der Waals surface area contributed by atoms with Gasteiger partial charge in [-0.05, 0) is 90.0 Å². The number of hydrogen-bond acceptors (Lipinski definition) is 3. The molecule has 3 aromatic carbocycles. The second kappa shape index (κ2) is 11.7. The van der Waals surface area contributed by atoms with Crippen molar-refractivity contribution in [2.75, 3.05) is 0 Å². The molecule has 0 spiro atoms. The number of rotatable bonds is 10. The van der Waals surface area contributed by atoms with E-state index in [0.29, 0.717) is 28.8 Å². The van der Waals surface area contributed by atoms with Crippen LogP contribution >= 0.6 is 11.6 Å². The van der Waals surface area contributed by atoms with E-state index in [4.69, 9.17) is 11.6 Å². The van der Waals surface area contributed by atoms with Crippen LogP contribution in [0.4, 0.5) is 4.39 Å². The van der Waals surface area contributed by atoms with Crippen molar-refractivity contribution in [3.63, 3.8) is 0 Å². The number of carbonyl (C=O) groups is 2. The van der Waals surface area contributed by atoms with Crippen LogP contribution in [0.1, 0.15) is 40.7 Å². The number of nitrogens with one attached hydrogen (secondary N) is 1. The molecule has 4 aromatic rings. The van der Waals surface area contributed by atoms with Crippen molar-refractivity contribution in [1.82, 2.24) is 10.3 Å². The lowest BCUT2D eigenvalue weighted by Crippen LogP contribution is -2.42. The van der Waals surface area contributed by atoms with Gasteiger partial charge in [0.1, 0.15) is 5.82 Å². The summed E-state index contributed by atoms with van der Waals surface area (Å²) in [5, 5.41) is 5.01. The molecule has 0 bridgehead atoms. The standard InChI is InChI=1S/C29H26ClFN2O2/c30-25-12-7-20(8-13-25)16-27(28(34)6-2-1-4-21-5-3-15-32-19-21)33-29(35)24-10-9-23-18-26(31)14-11-22(23)17-24/h3,5,7-15,17-19,27H,1-2,4,6,16H2,(H,33,35)/t27-/m0/s1. The average Bonchev–Trinajstić information content (AvgIpc) is 2.87. The number of pyridine rings is 1. The summed E-state index contributed by atoms with van der Waals surface area (Å²) in [6.07, 6.45) is 6.77. The number of fused-ring (bicyclic) bond motifs is 1. The molecule has 0 aliphatic carbocycles. The third-order valence-electron chi connectivity index (χ3n) is 5.97. The fraction of sp³-hybridized carbons (Fsp3) is 0.207. The van der Waals surface area contributed by atoms with E-state index < -0.39 is 6.04 Å². The molecule has 1 atom stereocenters. The van der Waals surface area contributed by atoms with E-state index in [9.17, 15) is 14.0 Å². The van der Waals surface area contributed by atoms with Crippen molar-refractivity contribution in [2.24, 2.45) is 0 Å². The zero-order chi connectivity index (χ0) is 24.6. The monoisotopic (exact) mass is 488 g/mol. The molecule has 0 saturated heterocycles. The number of aryl methyl sites for hydroxylation is 1. The Labute approximate surface area is 209 Å². The molecular formula is C29H26ClFN2O2. The molecule has 0 unspecified atom stereocenters. The van der Waals surface area contributed by atoms with Gasteiger partial charge in [-0.1, -0.05) is 41.9 Å². The molecule has 0 saturated carbocycles. The molecular weight excluding hydrogens is 463 g/mol. The van der Waals surface area contributed by atoms with Crippen molar-refractivity contribution >= 4 is 34.1 Å². The van der Waals surface area contributed by atoms with Crippen LogP contribution in [0.25, 0.3) is 10.8 Å². The van der Waals surface area contributed by atoms with Crippen LogP contribution in [-0.4, -0.2) is 22.7 Å². The first-order valence-electron chi connectivity index (χ1n) is 11.6. The van der Waals surface area contributed by atoms with Crippen molar-refractivity contribution in [3.05, 3.63) is 113 Å². The highest BCUT2D eigenvalue weighted by Crippen LogP contribution is 2.18. The maximum atomic E-state index is 13.5. The molecule has 1 heterocycles. The topological polar surface area (TPSA) is 59.1 Å². The van der Waals surface area contributed by atoms with Crippen LogP contribution in [0.3, 0.4) is 0 Å². The van der Waals surface area contributed by atoms with Crippen LogP contribution in [0.15, 0.2) is 85.2 Å². The maximum absolute atomic E-state index is 13.5. The molecule has 4 nitrogen and oxygen atoms in total. The van der Waals surface area contributed by atoms with Gasteiger partial charge in [0.2, 0.25) is 0 Å². The first kappa shape index (κ1) is 24.6. The van der Waals surface area contributed by atoms with Gasteiger partial charge in [0, 0.05) is 29.4 Å². The minimum atomic E-state index is -0.661. The highest BCUT2D eigenvalue weighted by Gasteiger charge is 2.22. The van der Waals surface area contributed by atoms with Crippen molar-refractivity contribution in [1.29, 1.82) is 0 Å². The predicted molar refractivity (Wildman–Crippen MR) is 137 cm³/mol. The molecule has 1 N–H and O–H groups in total. The van der Waals surface area contributed by atoms with Gasteiger partial charge in [0.25, 0.3) is 5.91 Å². The summed E-state index contributed by atoms with van der Waals surface area (Å²) in [5.41, 5.74) is 2.48. The van der Waals surface area contributed by atoms with Gasteiger partial charge in [0.05, 0.1) is 6.04 Å². The van der Waals surface area contributed by atoms with Gasteiger partial charge in [-0.2, -0.15) is 0 Å². The fourth-order valence-corrected chi connectivity index (χ4v) is 4.18. The van der Waals surface area contributed by atoms with E-state index in [2.05, 4.69) is 10.3 Å². The highest BCUT2D eigenvalue weighted by atomic mass is 35.5. The number of benzene rings is 3. The third-order valence-corrected chi connectivity index (χ3v) is 6.22. The number of hydrogen-bond donors (Lipinski definition) is 1. The summed E-state index contributed by atoms with van der Waals surface area (Å²) in [5.74, 6) is -0.673. The lowest BCUT2D eigenvalue weighted by molar-refractivity contribution is -0.121. The van der Waals surface area contributed by atoms with Crippen LogP contribution in [0.2, 0.25) is 5.02 Å². The first-order valence-corrected chi connectivity index (χ1v) is 12.0. The highest BCUT2D eigenvalue weighted by molar-refractivity contribution is 6.30. The number of aromatic nitrogens is 1. The van der Waals surface area contributed by atoms with E-state index >= 15 is 0 Å². The van der Waals surface area contributed by atoms with Crippen molar-refractivity contribution < 1.29 is 14.0 Å². The summed E-state index contributed by atoms with van der Waals surface area (Å²) in [6, 6.07) is 20.0. The van der Waals surface area contributed by atoms with E-state index in [0.717, 1.165) is 35.8 Å². The lowest BCUT2D eigenvalue weighted by Gasteiger charge is -2.18. The molecule has 0 aliphatic heterocycles. The normalized spacial score (nSPS) is 11.8. The summed E-state index contributed by atoms with van der Waals surface area (Å²) < 4.78 is 13.5. The SMILES string of the molecule is O=C(N[C@@H](Cc1ccc(Cl)cc1)C(=O)CCCCc1cccnc1)c1ccc2cc(F)ccc2c1. The Morgan fingerprint density at radius 3 is 2.46 bits per heavy atom. The minimum absolute atomic E-state index is 0.0117. The number of amides is 1. The zero-order valence-corrected chi connectivity index (χ0v) is 20.0. The Hall–Kier alpha value is -3.57.